The summed E-state index contributed by atoms with van der Waals surface area (Å²) in [5, 5.41) is 3.12. The molecule has 1 nitrogen and oxygen atoms in total. The average molecular weight is 195 g/mol. The van der Waals surface area contributed by atoms with Gasteiger partial charge in [-0.1, -0.05) is 13.0 Å². The van der Waals surface area contributed by atoms with E-state index in [-0.39, 0.29) is 5.82 Å². The highest BCUT2D eigenvalue weighted by molar-refractivity contribution is 5.23. The lowest BCUT2D eigenvalue weighted by Crippen LogP contribution is -2.18. The molecule has 0 aliphatic carbocycles. The molecule has 0 spiro atoms. The van der Waals surface area contributed by atoms with Crippen molar-refractivity contribution in [3.63, 3.8) is 0 Å². The van der Waals surface area contributed by atoms with Crippen molar-refractivity contribution in [1.82, 2.24) is 5.32 Å². The van der Waals surface area contributed by atoms with Gasteiger partial charge in [-0.05, 0) is 56.1 Å². The van der Waals surface area contributed by atoms with Crippen LogP contribution in [0.1, 0.15) is 18.1 Å². The second kappa shape index (κ2) is 5.11. The van der Waals surface area contributed by atoms with E-state index in [0.717, 1.165) is 24.1 Å². The molecule has 0 aliphatic rings. The summed E-state index contributed by atoms with van der Waals surface area (Å²) < 4.78 is 13.0. The summed E-state index contributed by atoms with van der Waals surface area (Å²) in [6.45, 7) is 5.06. The van der Waals surface area contributed by atoms with Crippen LogP contribution in [0.25, 0.3) is 0 Å². The Morgan fingerprint density at radius 2 is 2.07 bits per heavy atom. The number of nitrogens with one attached hydrogen (secondary N) is 1. The average Bonchev–Trinajstić information content (AvgIpc) is 2.01. The summed E-state index contributed by atoms with van der Waals surface area (Å²) in [6.07, 6.45) is 0.930. The van der Waals surface area contributed by atoms with Gasteiger partial charge >= 0.3 is 0 Å². The molecule has 14 heavy (non-hydrogen) atoms. The smallest absolute Gasteiger partial charge is 0.123 e. The number of rotatable bonds is 4. The van der Waals surface area contributed by atoms with E-state index >= 15 is 0 Å². The SMILES string of the molecule is CNCC(C)Cc1cc(C)cc(F)c1. The molecule has 1 aromatic rings. The molecular formula is C12H18FN. The minimum absolute atomic E-state index is 0.128. The standard InChI is InChI=1S/C12H18FN/c1-9-4-11(7-12(13)6-9)5-10(2)8-14-3/h4,6-7,10,14H,5,8H2,1-3H3. The molecular weight excluding hydrogens is 177 g/mol. The number of aryl methyl sites for hydroxylation is 1. The first kappa shape index (κ1) is 11.2. The van der Waals surface area contributed by atoms with Gasteiger partial charge in [0.25, 0.3) is 0 Å². The van der Waals surface area contributed by atoms with Crippen molar-refractivity contribution in [2.45, 2.75) is 20.3 Å². The van der Waals surface area contributed by atoms with Crippen LogP contribution in [0, 0.1) is 18.7 Å². The van der Waals surface area contributed by atoms with Gasteiger partial charge in [-0.3, -0.25) is 0 Å². The molecule has 0 fully saturated rings. The van der Waals surface area contributed by atoms with Gasteiger partial charge in [-0.15, -0.1) is 0 Å². The Bertz CT molecular complexity index is 276. The second-order valence-electron chi connectivity index (χ2n) is 4.00. The van der Waals surface area contributed by atoms with E-state index in [0.29, 0.717) is 5.92 Å². The van der Waals surface area contributed by atoms with E-state index in [1.165, 1.54) is 0 Å². The van der Waals surface area contributed by atoms with Crippen LogP contribution in [0.4, 0.5) is 4.39 Å². The molecule has 1 N–H and O–H groups in total. The van der Waals surface area contributed by atoms with Crippen LogP contribution in [0.3, 0.4) is 0 Å². The lowest BCUT2D eigenvalue weighted by Gasteiger charge is -2.11. The zero-order valence-electron chi connectivity index (χ0n) is 9.10. The molecule has 1 atom stereocenters. The number of hydrogen-bond acceptors (Lipinski definition) is 1. The molecule has 0 bridgehead atoms. The van der Waals surface area contributed by atoms with Gasteiger partial charge in [-0.25, -0.2) is 4.39 Å². The summed E-state index contributed by atoms with van der Waals surface area (Å²) in [5.41, 5.74) is 2.09. The van der Waals surface area contributed by atoms with E-state index in [2.05, 4.69) is 18.3 Å². The van der Waals surface area contributed by atoms with Gasteiger partial charge < -0.3 is 5.32 Å². The predicted molar refractivity (Wildman–Crippen MR) is 57.9 cm³/mol. The summed E-state index contributed by atoms with van der Waals surface area (Å²) in [6, 6.07) is 5.24. The Hall–Kier alpha value is -0.890. The molecule has 0 saturated carbocycles. The van der Waals surface area contributed by atoms with Crippen LogP contribution >= 0.6 is 0 Å². The lowest BCUT2D eigenvalue weighted by molar-refractivity contribution is 0.538. The van der Waals surface area contributed by atoms with Crippen molar-refractivity contribution < 1.29 is 4.39 Å². The van der Waals surface area contributed by atoms with Crippen molar-refractivity contribution in [3.05, 3.63) is 35.1 Å². The first-order valence-corrected chi connectivity index (χ1v) is 5.02. The fraction of sp³-hybridized carbons (Fsp3) is 0.500. The van der Waals surface area contributed by atoms with Crippen LogP contribution in [0.2, 0.25) is 0 Å². The summed E-state index contributed by atoms with van der Waals surface area (Å²) >= 11 is 0. The van der Waals surface area contributed by atoms with Gasteiger partial charge in [0.2, 0.25) is 0 Å². The van der Waals surface area contributed by atoms with Crippen molar-refractivity contribution in [3.8, 4) is 0 Å². The number of halogens is 1. The highest BCUT2D eigenvalue weighted by atomic mass is 19.1. The van der Waals surface area contributed by atoms with Crippen LogP contribution in [-0.2, 0) is 6.42 Å². The minimum atomic E-state index is -0.128. The normalized spacial score (nSPS) is 12.9. The van der Waals surface area contributed by atoms with E-state index in [9.17, 15) is 4.39 Å². The molecule has 0 radical (unpaired) electrons. The van der Waals surface area contributed by atoms with Crippen LogP contribution in [0.15, 0.2) is 18.2 Å². The van der Waals surface area contributed by atoms with Crippen molar-refractivity contribution in [2.24, 2.45) is 5.92 Å². The maximum Gasteiger partial charge on any atom is 0.123 e. The molecule has 0 heterocycles. The first-order valence-electron chi connectivity index (χ1n) is 5.02. The maximum atomic E-state index is 13.0. The predicted octanol–water partition coefficient (Wildman–Crippen LogP) is 2.53. The third-order valence-electron chi connectivity index (χ3n) is 2.24. The number of hydrogen-bond donors (Lipinski definition) is 1. The number of benzene rings is 1. The molecule has 0 amide bonds. The third-order valence-corrected chi connectivity index (χ3v) is 2.24. The maximum absolute atomic E-state index is 13.0. The zero-order chi connectivity index (χ0) is 10.6. The highest BCUT2D eigenvalue weighted by Crippen LogP contribution is 2.12. The Morgan fingerprint density at radius 1 is 1.36 bits per heavy atom. The Morgan fingerprint density at radius 3 is 2.64 bits per heavy atom. The van der Waals surface area contributed by atoms with Gasteiger partial charge in [0.05, 0.1) is 0 Å². The van der Waals surface area contributed by atoms with Crippen LogP contribution in [-0.4, -0.2) is 13.6 Å². The molecule has 0 aliphatic heterocycles. The Balaban J connectivity index is 2.66. The summed E-state index contributed by atoms with van der Waals surface area (Å²) in [5.74, 6) is 0.415. The Kier molecular flexibility index (Phi) is 4.08. The van der Waals surface area contributed by atoms with E-state index < -0.39 is 0 Å². The lowest BCUT2D eigenvalue weighted by atomic mass is 9.99. The zero-order valence-corrected chi connectivity index (χ0v) is 9.10. The van der Waals surface area contributed by atoms with Gasteiger partial charge in [0.1, 0.15) is 5.82 Å². The first-order chi connectivity index (χ1) is 6.61. The largest absolute Gasteiger partial charge is 0.319 e. The molecule has 1 aromatic carbocycles. The van der Waals surface area contributed by atoms with E-state index in [4.69, 9.17) is 0 Å². The summed E-state index contributed by atoms with van der Waals surface area (Å²) in [4.78, 5) is 0. The molecule has 2 heteroatoms. The fourth-order valence-electron chi connectivity index (χ4n) is 1.75. The van der Waals surface area contributed by atoms with E-state index in [1.807, 2.05) is 14.0 Å². The van der Waals surface area contributed by atoms with Crippen LogP contribution in [0.5, 0.6) is 0 Å². The Labute approximate surface area is 85.3 Å². The molecule has 78 valence electrons. The van der Waals surface area contributed by atoms with E-state index in [1.54, 1.807) is 12.1 Å². The molecule has 0 aromatic heterocycles. The molecule has 1 unspecified atom stereocenters. The molecule has 0 saturated heterocycles. The minimum Gasteiger partial charge on any atom is -0.319 e. The van der Waals surface area contributed by atoms with Gasteiger partial charge in [-0.2, -0.15) is 0 Å². The molecule has 1 rings (SSSR count). The summed E-state index contributed by atoms with van der Waals surface area (Å²) in [7, 11) is 1.94. The van der Waals surface area contributed by atoms with Gasteiger partial charge in [0.15, 0.2) is 0 Å². The van der Waals surface area contributed by atoms with Crippen LogP contribution < -0.4 is 5.32 Å². The fourth-order valence-corrected chi connectivity index (χ4v) is 1.75. The van der Waals surface area contributed by atoms with Gasteiger partial charge in [0, 0.05) is 0 Å². The topological polar surface area (TPSA) is 12.0 Å². The van der Waals surface area contributed by atoms with Crippen molar-refractivity contribution in [1.29, 1.82) is 0 Å². The van der Waals surface area contributed by atoms with Crippen molar-refractivity contribution >= 4 is 0 Å². The third kappa shape index (κ3) is 3.46. The highest BCUT2D eigenvalue weighted by Gasteiger charge is 2.04. The second-order valence-corrected chi connectivity index (χ2v) is 4.00. The van der Waals surface area contributed by atoms with Crippen molar-refractivity contribution in [2.75, 3.05) is 13.6 Å². The monoisotopic (exact) mass is 195 g/mol. The quantitative estimate of drug-likeness (QED) is 0.778.